The van der Waals surface area contributed by atoms with Gasteiger partial charge in [-0.05, 0) is 37.3 Å². The Morgan fingerprint density at radius 1 is 1.32 bits per heavy atom. The van der Waals surface area contributed by atoms with Crippen LogP contribution in [0.3, 0.4) is 0 Å². The predicted molar refractivity (Wildman–Crippen MR) is 143 cm³/mol. The van der Waals surface area contributed by atoms with Crippen LogP contribution in [0.4, 0.5) is 18.0 Å². The minimum Gasteiger partial charge on any atom is -0.441 e. The van der Waals surface area contributed by atoms with Gasteiger partial charge < -0.3 is 28.7 Å². The van der Waals surface area contributed by atoms with Gasteiger partial charge in [-0.2, -0.15) is 13.2 Å². The van der Waals surface area contributed by atoms with Gasteiger partial charge >= 0.3 is 18.2 Å². The van der Waals surface area contributed by atoms with Crippen molar-refractivity contribution in [1.82, 2.24) is 9.80 Å². The number of alkyl halides is 4. The molecular formula is C25H31F3IN5O6. The fourth-order valence-electron chi connectivity index (χ4n) is 5.59. The number of hydrogen-bond acceptors (Lipinski definition) is 7. The van der Waals surface area contributed by atoms with Crippen molar-refractivity contribution < 1.29 is 41.7 Å². The maximum Gasteiger partial charge on any atom is 0.471 e. The number of ether oxygens (including phenoxy) is 4. The molecule has 3 aliphatic rings. The van der Waals surface area contributed by atoms with Gasteiger partial charge in [0, 0.05) is 25.6 Å². The molecule has 220 valence electrons. The van der Waals surface area contributed by atoms with E-state index in [0.29, 0.717) is 18.4 Å². The number of fused-ring (bicyclic) bond motifs is 1. The standard InChI is InChI=1S/C25H31F3IN5O6/c1-13(14-7-5-4-6-8-14)34(23(35)25(26,27)28)12-15-9-10-16(29)22(38-15)39-20-17(31-32-30)11-18(37-3)19-21(20)40-24(36)33(19)2/h4-8,13,15-22H,9-12H2,1-3H3/t13-,15+,16+,17+,18+,19-,20-,21-,22-/m1/s1. The lowest BCUT2D eigenvalue weighted by atomic mass is 9.83. The van der Waals surface area contributed by atoms with Crippen LogP contribution in [-0.4, -0.2) is 95.4 Å². The predicted octanol–water partition coefficient (Wildman–Crippen LogP) is 4.75. The third-order valence-corrected chi connectivity index (χ3v) is 8.91. The summed E-state index contributed by atoms with van der Waals surface area (Å²) in [4.78, 5) is 30.0. The van der Waals surface area contributed by atoms with Crippen LogP contribution in [0.25, 0.3) is 10.4 Å². The molecule has 2 amide bonds. The average molecular weight is 681 g/mol. The van der Waals surface area contributed by atoms with Crippen LogP contribution >= 0.6 is 22.6 Å². The number of azide groups is 1. The third kappa shape index (κ3) is 6.43. The maximum atomic E-state index is 13.6. The Bertz CT molecular complexity index is 1110. The summed E-state index contributed by atoms with van der Waals surface area (Å²) in [5.41, 5.74) is 9.74. The number of carbonyl (C=O) groups is 2. The van der Waals surface area contributed by atoms with Gasteiger partial charge in [-0.15, -0.1) is 0 Å². The highest BCUT2D eigenvalue weighted by Gasteiger charge is 2.56. The van der Waals surface area contributed by atoms with Crippen molar-refractivity contribution >= 4 is 34.6 Å². The SMILES string of the molecule is CO[C@H]1C[C@H](N=[N+]=[N-])[C@@H](O[C@H]2O[C@H](CN(C(=O)C(F)(F)F)[C@H](C)c3ccccc3)CC[C@@H]2I)[C@@H]2OC(=O)N(C)[C@@H]21. The molecule has 0 bridgehead atoms. The molecular weight excluding hydrogens is 650 g/mol. The Morgan fingerprint density at radius 2 is 2.02 bits per heavy atom. The van der Waals surface area contributed by atoms with Crippen molar-refractivity contribution in [2.24, 2.45) is 5.11 Å². The molecule has 15 heteroatoms. The van der Waals surface area contributed by atoms with E-state index in [2.05, 4.69) is 32.6 Å². The quantitative estimate of drug-likeness (QED) is 0.128. The molecule has 0 N–H and O–H groups in total. The second-order valence-electron chi connectivity index (χ2n) is 10.1. The second-order valence-corrected chi connectivity index (χ2v) is 11.7. The van der Waals surface area contributed by atoms with Crippen molar-refractivity contribution in [1.29, 1.82) is 0 Å². The summed E-state index contributed by atoms with van der Waals surface area (Å²) in [6.45, 7) is 1.23. The molecule has 11 nitrogen and oxygen atoms in total. The van der Waals surface area contributed by atoms with Gasteiger partial charge in [0.1, 0.15) is 12.1 Å². The first-order chi connectivity index (χ1) is 19.0. The molecule has 1 aliphatic carbocycles. The molecule has 9 atom stereocenters. The van der Waals surface area contributed by atoms with Crippen LogP contribution in [0.5, 0.6) is 0 Å². The van der Waals surface area contributed by atoms with Gasteiger partial charge in [-0.25, -0.2) is 4.79 Å². The fourth-order valence-corrected chi connectivity index (χ4v) is 6.29. The van der Waals surface area contributed by atoms with E-state index in [1.54, 1.807) is 44.3 Å². The van der Waals surface area contributed by atoms with Crippen LogP contribution in [0, 0.1) is 0 Å². The molecule has 2 saturated heterocycles. The molecule has 2 heterocycles. The highest BCUT2D eigenvalue weighted by Crippen LogP contribution is 2.39. The smallest absolute Gasteiger partial charge is 0.441 e. The van der Waals surface area contributed by atoms with E-state index in [1.165, 1.54) is 12.0 Å². The van der Waals surface area contributed by atoms with E-state index in [-0.39, 0.29) is 16.9 Å². The minimum absolute atomic E-state index is 0.202. The summed E-state index contributed by atoms with van der Waals surface area (Å²) >= 11 is 2.14. The number of rotatable bonds is 8. The van der Waals surface area contributed by atoms with E-state index in [9.17, 15) is 28.3 Å². The lowest BCUT2D eigenvalue weighted by molar-refractivity contribution is -0.240. The van der Waals surface area contributed by atoms with Crippen LogP contribution < -0.4 is 0 Å². The van der Waals surface area contributed by atoms with Crippen molar-refractivity contribution in [3.8, 4) is 0 Å². The third-order valence-electron chi connectivity index (χ3n) is 7.70. The molecule has 1 aromatic carbocycles. The summed E-state index contributed by atoms with van der Waals surface area (Å²) in [5, 5.41) is 3.87. The van der Waals surface area contributed by atoms with Gasteiger partial charge in [0.15, 0.2) is 12.4 Å². The molecule has 4 rings (SSSR count). The monoisotopic (exact) mass is 681 g/mol. The first kappa shape index (κ1) is 30.6. The number of carbonyl (C=O) groups excluding carboxylic acids is 2. The molecule has 1 saturated carbocycles. The van der Waals surface area contributed by atoms with Crippen LogP contribution in [-0.2, 0) is 23.7 Å². The molecule has 3 fully saturated rings. The van der Waals surface area contributed by atoms with Gasteiger partial charge in [0.05, 0.1) is 28.2 Å². The maximum absolute atomic E-state index is 13.6. The highest BCUT2D eigenvalue weighted by molar-refractivity contribution is 14.1. The Balaban J connectivity index is 1.54. The van der Waals surface area contributed by atoms with Gasteiger partial charge in [-0.1, -0.05) is 58.0 Å². The summed E-state index contributed by atoms with van der Waals surface area (Å²) in [6.07, 6.45) is -8.27. The van der Waals surface area contributed by atoms with Crippen molar-refractivity contribution in [3.63, 3.8) is 0 Å². The molecule has 40 heavy (non-hydrogen) atoms. The first-order valence-corrected chi connectivity index (χ1v) is 14.1. The lowest BCUT2D eigenvalue weighted by Gasteiger charge is -2.44. The average Bonchev–Trinajstić information content (AvgIpc) is 3.23. The molecule has 0 unspecified atom stereocenters. The Kier molecular flexibility index (Phi) is 9.70. The number of hydrogen-bond donors (Lipinski definition) is 0. The highest BCUT2D eigenvalue weighted by atomic mass is 127. The molecule has 0 radical (unpaired) electrons. The Hall–Kier alpha value is -2.33. The Morgan fingerprint density at radius 3 is 2.65 bits per heavy atom. The van der Waals surface area contributed by atoms with Crippen molar-refractivity contribution in [3.05, 3.63) is 46.3 Å². The molecule has 1 aromatic rings. The number of halogens is 4. The number of nitrogens with zero attached hydrogens (tertiary/aromatic N) is 5. The number of methoxy groups -OCH3 is 1. The number of benzene rings is 1. The van der Waals surface area contributed by atoms with Crippen LogP contribution in [0.2, 0.25) is 0 Å². The Labute approximate surface area is 243 Å². The normalized spacial score (nSPS) is 33.0. The topological polar surface area (TPSA) is 126 Å². The summed E-state index contributed by atoms with van der Waals surface area (Å²) in [7, 11) is 3.07. The fraction of sp³-hybridized carbons (Fsp3) is 0.680. The van der Waals surface area contributed by atoms with E-state index >= 15 is 0 Å². The summed E-state index contributed by atoms with van der Waals surface area (Å²) in [5.74, 6) is -1.95. The minimum atomic E-state index is -5.06. The number of amides is 2. The van der Waals surface area contributed by atoms with Crippen LogP contribution in [0.1, 0.15) is 37.8 Å². The first-order valence-electron chi connectivity index (χ1n) is 12.8. The molecule has 2 aliphatic heterocycles. The van der Waals surface area contributed by atoms with Crippen molar-refractivity contribution in [2.75, 3.05) is 20.7 Å². The zero-order chi connectivity index (χ0) is 29.2. The number of likely N-dealkylation sites (N-methyl/N-ethyl adjacent to an activating group) is 1. The molecule has 0 aromatic heterocycles. The zero-order valence-corrected chi connectivity index (χ0v) is 24.3. The van der Waals surface area contributed by atoms with Crippen molar-refractivity contribution in [2.45, 2.75) is 85.1 Å². The van der Waals surface area contributed by atoms with E-state index in [4.69, 9.17) is 18.9 Å². The second kappa shape index (κ2) is 12.7. The van der Waals surface area contributed by atoms with Gasteiger partial charge in [0.2, 0.25) is 0 Å². The van der Waals surface area contributed by atoms with Gasteiger partial charge in [0.25, 0.3) is 0 Å². The summed E-state index contributed by atoms with van der Waals surface area (Å²) in [6, 6.07) is 6.37. The van der Waals surface area contributed by atoms with E-state index in [1.807, 2.05) is 0 Å². The summed E-state index contributed by atoms with van der Waals surface area (Å²) < 4.78 is 64.2. The van der Waals surface area contributed by atoms with Crippen LogP contribution in [0.15, 0.2) is 35.4 Å². The zero-order valence-electron chi connectivity index (χ0n) is 22.1. The van der Waals surface area contributed by atoms with E-state index < -0.39 is 67.0 Å². The molecule has 0 spiro atoms. The van der Waals surface area contributed by atoms with Gasteiger partial charge in [-0.3, -0.25) is 4.79 Å². The lowest BCUT2D eigenvalue weighted by Crippen LogP contribution is -2.60. The van der Waals surface area contributed by atoms with E-state index in [0.717, 1.165) is 4.90 Å². The largest absolute Gasteiger partial charge is 0.471 e.